The third-order valence-electron chi connectivity index (χ3n) is 3.13. The molecular formula is C11H20N2O3. The average molecular weight is 228 g/mol. The van der Waals surface area contributed by atoms with Crippen molar-refractivity contribution in [1.82, 2.24) is 9.80 Å². The van der Waals surface area contributed by atoms with Crippen LogP contribution < -0.4 is 0 Å². The van der Waals surface area contributed by atoms with Crippen molar-refractivity contribution in [3.05, 3.63) is 0 Å². The molecule has 0 aromatic rings. The van der Waals surface area contributed by atoms with Crippen LogP contribution in [0, 0.1) is 0 Å². The van der Waals surface area contributed by atoms with Gasteiger partial charge in [0.2, 0.25) is 5.91 Å². The van der Waals surface area contributed by atoms with Crippen LogP contribution >= 0.6 is 0 Å². The first-order valence-corrected chi connectivity index (χ1v) is 5.69. The molecule has 1 aliphatic heterocycles. The lowest BCUT2D eigenvalue weighted by Gasteiger charge is -2.42. The number of carbonyl (C=O) groups excluding carboxylic acids is 1. The van der Waals surface area contributed by atoms with Crippen LogP contribution in [0.2, 0.25) is 0 Å². The zero-order chi connectivity index (χ0) is 12.3. The highest BCUT2D eigenvalue weighted by Crippen LogP contribution is 2.17. The van der Waals surface area contributed by atoms with Crippen LogP contribution in [0.15, 0.2) is 0 Å². The van der Waals surface area contributed by atoms with Gasteiger partial charge in [0.1, 0.15) is 0 Å². The monoisotopic (exact) mass is 228 g/mol. The molecule has 0 spiro atoms. The third kappa shape index (κ3) is 2.72. The SMILES string of the molecule is CCCN1CC(C)N(C)C(CC(=O)O)C1=O. The van der Waals surface area contributed by atoms with Crippen molar-refractivity contribution in [3.8, 4) is 0 Å². The Bertz CT molecular complexity index is 280. The van der Waals surface area contributed by atoms with Crippen molar-refractivity contribution in [3.63, 3.8) is 0 Å². The molecule has 5 nitrogen and oxygen atoms in total. The molecular weight excluding hydrogens is 208 g/mol. The van der Waals surface area contributed by atoms with Crippen LogP contribution in [0.1, 0.15) is 26.7 Å². The molecule has 0 bridgehead atoms. The van der Waals surface area contributed by atoms with Gasteiger partial charge in [0.15, 0.2) is 0 Å². The van der Waals surface area contributed by atoms with Crippen molar-refractivity contribution >= 4 is 11.9 Å². The largest absolute Gasteiger partial charge is 0.481 e. The summed E-state index contributed by atoms with van der Waals surface area (Å²) < 4.78 is 0. The third-order valence-corrected chi connectivity index (χ3v) is 3.13. The standard InChI is InChI=1S/C11H20N2O3/c1-4-5-13-7-8(2)12(3)9(11(13)16)6-10(14)15/h8-9H,4-7H2,1-3H3,(H,14,15). The maximum atomic E-state index is 12.0. The van der Waals surface area contributed by atoms with E-state index in [9.17, 15) is 9.59 Å². The maximum Gasteiger partial charge on any atom is 0.305 e. The van der Waals surface area contributed by atoms with Crippen molar-refractivity contribution < 1.29 is 14.7 Å². The first kappa shape index (κ1) is 13.0. The molecule has 0 aromatic heterocycles. The number of hydrogen-bond acceptors (Lipinski definition) is 3. The number of hydrogen-bond donors (Lipinski definition) is 1. The van der Waals surface area contributed by atoms with Crippen LogP contribution in [-0.2, 0) is 9.59 Å². The summed E-state index contributed by atoms with van der Waals surface area (Å²) in [5.74, 6) is -0.972. The molecule has 0 saturated carbocycles. The van der Waals surface area contributed by atoms with Gasteiger partial charge in [0, 0.05) is 19.1 Å². The van der Waals surface area contributed by atoms with Gasteiger partial charge in [0.05, 0.1) is 12.5 Å². The summed E-state index contributed by atoms with van der Waals surface area (Å²) in [6.45, 7) is 5.44. The normalized spacial score (nSPS) is 27.2. The number of piperazine rings is 1. The first-order chi connectivity index (χ1) is 7.47. The predicted octanol–water partition coefficient (Wildman–Crippen LogP) is 0.402. The molecule has 0 radical (unpaired) electrons. The van der Waals surface area contributed by atoms with Crippen molar-refractivity contribution in [2.45, 2.75) is 38.8 Å². The number of likely N-dealkylation sites (N-methyl/N-ethyl adjacent to an activating group) is 1. The highest BCUT2D eigenvalue weighted by molar-refractivity contribution is 5.86. The molecule has 2 unspecified atom stereocenters. The highest BCUT2D eigenvalue weighted by atomic mass is 16.4. The van der Waals surface area contributed by atoms with E-state index in [0.29, 0.717) is 13.1 Å². The molecule has 92 valence electrons. The smallest absolute Gasteiger partial charge is 0.305 e. The number of carbonyl (C=O) groups is 2. The van der Waals surface area contributed by atoms with Crippen LogP contribution in [0.5, 0.6) is 0 Å². The molecule has 1 aliphatic rings. The minimum Gasteiger partial charge on any atom is -0.481 e. The van der Waals surface area contributed by atoms with Gasteiger partial charge in [-0.1, -0.05) is 6.92 Å². The number of aliphatic carboxylic acids is 1. The van der Waals surface area contributed by atoms with E-state index in [1.807, 2.05) is 25.8 Å². The van der Waals surface area contributed by atoms with Gasteiger partial charge in [-0.3, -0.25) is 14.5 Å². The summed E-state index contributed by atoms with van der Waals surface area (Å²) >= 11 is 0. The second-order valence-corrected chi connectivity index (χ2v) is 4.41. The molecule has 1 N–H and O–H groups in total. The van der Waals surface area contributed by atoms with Crippen LogP contribution in [-0.4, -0.2) is 59.0 Å². The van der Waals surface area contributed by atoms with Gasteiger partial charge in [-0.25, -0.2) is 0 Å². The lowest BCUT2D eigenvalue weighted by molar-refractivity contribution is -0.150. The molecule has 1 heterocycles. The second kappa shape index (κ2) is 5.30. The summed E-state index contributed by atoms with van der Waals surface area (Å²) in [7, 11) is 1.82. The lowest BCUT2D eigenvalue weighted by Crippen LogP contribution is -2.60. The fourth-order valence-electron chi connectivity index (χ4n) is 2.10. The van der Waals surface area contributed by atoms with Gasteiger partial charge < -0.3 is 10.0 Å². The Morgan fingerprint density at radius 3 is 2.69 bits per heavy atom. The lowest BCUT2D eigenvalue weighted by atomic mass is 10.0. The predicted molar refractivity (Wildman–Crippen MR) is 60.1 cm³/mol. The quantitative estimate of drug-likeness (QED) is 0.756. The number of amides is 1. The van der Waals surface area contributed by atoms with Crippen LogP contribution in [0.3, 0.4) is 0 Å². The topological polar surface area (TPSA) is 60.9 Å². The van der Waals surface area contributed by atoms with E-state index in [1.54, 1.807) is 4.90 Å². The highest BCUT2D eigenvalue weighted by Gasteiger charge is 2.37. The molecule has 1 fully saturated rings. The van der Waals surface area contributed by atoms with E-state index in [1.165, 1.54) is 0 Å². The fourth-order valence-corrected chi connectivity index (χ4v) is 2.10. The Hall–Kier alpha value is -1.10. The Labute approximate surface area is 96.0 Å². The zero-order valence-electron chi connectivity index (χ0n) is 10.1. The van der Waals surface area contributed by atoms with E-state index in [2.05, 4.69) is 0 Å². The van der Waals surface area contributed by atoms with Crippen LogP contribution in [0.4, 0.5) is 0 Å². The number of carboxylic acid groups (broad SMARTS) is 1. The van der Waals surface area contributed by atoms with E-state index in [0.717, 1.165) is 6.42 Å². The molecule has 0 aliphatic carbocycles. The molecule has 1 rings (SSSR count). The molecule has 5 heteroatoms. The summed E-state index contributed by atoms with van der Waals surface area (Å²) in [5.41, 5.74) is 0. The summed E-state index contributed by atoms with van der Waals surface area (Å²) in [6, 6.07) is -0.290. The Balaban J connectivity index is 2.77. The van der Waals surface area contributed by atoms with Crippen molar-refractivity contribution in [2.75, 3.05) is 20.1 Å². The summed E-state index contributed by atoms with van der Waals surface area (Å²) in [4.78, 5) is 26.4. The average Bonchev–Trinajstić information content (AvgIpc) is 2.21. The minimum atomic E-state index is -0.921. The Morgan fingerprint density at radius 2 is 2.19 bits per heavy atom. The Kier molecular flexibility index (Phi) is 4.29. The number of carboxylic acids is 1. The van der Waals surface area contributed by atoms with E-state index < -0.39 is 12.0 Å². The maximum absolute atomic E-state index is 12.0. The zero-order valence-corrected chi connectivity index (χ0v) is 10.1. The summed E-state index contributed by atoms with van der Waals surface area (Å²) in [5, 5.41) is 8.81. The summed E-state index contributed by atoms with van der Waals surface area (Å²) in [6.07, 6.45) is 0.794. The Morgan fingerprint density at radius 1 is 1.56 bits per heavy atom. The van der Waals surface area contributed by atoms with Gasteiger partial charge in [-0.15, -0.1) is 0 Å². The van der Waals surface area contributed by atoms with Crippen LogP contribution in [0.25, 0.3) is 0 Å². The minimum absolute atomic E-state index is 0.0511. The van der Waals surface area contributed by atoms with Crippen molar-refractivity contribution in [1.29, 1.82) is 0 Å². The van der Waals surface area contributed by atoms with E-state index >= 15 is 0 Å². The number of rotatable bonds is 4. The first-order valence-electron chi connectivity index (χ1n) is 5.69. The molecule has 0 aromatic carbocycles. The van der Waals surface area contributed by atoms with Gasteiger partial charge in [-0.2, -0.15) is 0 Å². The van der Waals surface area contributed by atoms with E-state index in [4.69, 9.17) is 5.11 Å². The number of nitrogens with zero attached hydrogens (tertiary/aromatic N) is 2. The molecule has 1 saturated heterocycles. The molecule has 16 heavy (non-hydrogen) atoms. The van der Waals surface area contributed by atoms with Crippen molar-refractivity contribution in [2.24, 2.45) is 0 Å². The fraction of sp³-hybridized carbons (Fsp3) is 0.818. The van der Waals surface area contributed by atoms with E-state index in [-0.39, 0.29) is 18.4 Å². The van der Waals surface area contributed by atoms with Gasteiger partial charge >= 0.3 is 5.97 Å². The second-order valence-electron chi connectivity index (χ2n) is 4.41. The van der Waals surface area contributed by atoms with Gasteiger partial charge in [-0.05, 0) is 20.4 Å². The molecule has 2 atom stereocenters. The van der Waals surface area contributed by atoms with Gasteiger partial charge in [0.25, 0.3) is 0 Å². The molecule has 1 amide bonds.